The van der Waals surface area contributed by atoms with Gasteiger partial charge in [-0.15, -0.1) is 0 Å². The monoisotopic (exact) mass is 369 g/mol. The number of ether oxygens (including phenoxy) is 1. The van der Waals surface area contributed by atoms with Gasteiger partial charge in [0.15, 0.2) is 0 Å². The predicted octanol–water partition coefficient (Wildman–Crippen LogP) is 3.91. The lowest BCUT2D eigenvalue weighted by atomic mass is 9.95. The van der Waals surface area contributed by atoms with Crippen LogP contribution in [0.5, 0.6) is 0 Å². The van der Waals surface area contributed by atoms with Crippen LogP contribution < -0.4 is 10.6 Å². The number of hydrogen-bond acceptors (Lipinski definition) is 5. The fourth-order valence-electron chi connectivity index (χ4n) is 2.98. The van der Waals surface area contributed by atoms with Gasteiger partial charge >= 0.3 is 5.97 Å². The highest BCUT2D eigenvalue weighted by atomic mass is 16.5. The summed E-state index contributed by atoms with van der Waals surface area (Å²) >= 11 is 0. The van der Waals surface area contributed by atoms with Crippen molar-refractivity contribution in [2.24, 2.45) is 0 Å². The van der Waals surface area contributed by atoms with Crippen LogP contribution in [-0.4, -0.2) is 24.5 Å². The van der Waals surface area contributed by atoms with Crippen LogP contribution in [0.2, 0.25) is 0 Å². The minimum atomic E-state index is -0.426. The largest absolute Gasteiger partial charge is 0.462 e. The van der Waals surface area contributed by atoms with Crippen molar-refractivity contribution in [3.63, 3.8) is 0 Å². The van der Waals surface area contributed by atoms with Crippen molar-refractivity contribution < 1.29 is 14.3 Å². The molecule has 1 saturated carbocycles. The molecule has 0 saturated heterocycles. The van der Waals surface area contributed by atoms with E-state index in [1.165, 1.54) is 12.6 Å². The number of carbonyl (C=O) groups is 2. The molecule has 2 rings (SSSR count). The molecule has 1 aliphatic carbocycles. The van der Waals surface area contributed by atoms with Crippen molar-refractivity contribution in [3.05, 3.63) is 41.6 Å². The standard InChI is InChI=1S/C21H27N3O3/c1-2-3-13-27-21(26)18-11-7-8-12-19(18)23-15-16(14-22)20(25)24-17-9-5-4-6-10-17/h7-8,11-12,15,17,23H,2-6,9-10,13H2,1H3,(H,24,25)/b16-15-. The zero-order valence-electron chi connectivity index (χ0n) is 15.8. The second-order valence-electron chi connectivity index (χ2n) is 6.66. The molecule has 1 aromatic carbocycles. The summed E-state index contributed by atoms with van der Waals surface area (Å²) in [7, 11) is 0. The van der Waals surface area contributed by atoms with Crippen LogP contribution in [0.4, 0.5) is 5.69 Å². The smallest absolute Gasteiger partial charge is 0.340 e. The average molecular weight is 369 g/mol. The molecule has 1 amide bonds. The summed E-state index contributed by atoms with van der Waals surface area (Å²) in [6.45, 7) is 2.39. The zero-order chi connectivity index (χ0) is 19.5. The summed E-state index contributed by atoms with van der Waals surface area (Å²) in [4.78, 5) is 24.5. The summed E-state index contributed by atoms with van der Waals surface area (Å²) < 4.78 is 5.25. The van der Waals surface area contributed by atoms with Gasteiger partial charge in [-0.05, 0) is 31.4 Å². The number of carbonyl (C=O) groups excluding carboxylic acids is 2. The fraction of sp³-hybridized carbons (Fsp3) is 0.476. The molecule has 0 atom stereocenters. The molecule has 27 heavy (non-hydrogen) atoms. The Morgan fingerprint density at radius 3 is 2.70 bits per heavy atom. The number of anilines is 1. The van der Waals surface area contributed by atoms with Crippen LogP contribution in [0.25, 0.3) is 0 Å². The van der Waals surface area contributed by atoms with Crippen LogP contribution in [0.3, 0.4) is 0 Å². The average Bonchev–Trinajstić information content (AvgIpc) is 2.69. The van der Waals surface area contributed by atoms with Crippen molar-refractivity contribution in [3.8, 4) is 6.07 Å². The number of benzene rings is 1. The lowest BCUT2D eigenvalue weighted by Crippen LogP contribution is -2.37. The van der Waals surface area contributed by atoms with Crippen molar-refractivity contribution in [1.29, 1.82) is 5.26 Å². The topological polar surface area (TPSA) is 91.2 Å². The zero-order valence-corrected chi connectivity index (χ0v) is 15.8. The summed E-state index contributed by atoms with van der Waals surface area (Å²) in [5.41, 5.74) is 0.849. The molecule has 0 radical (unpaired) electrons. The minimum Gasteiger partial charge on any atom is -0.462 e. The summed E-state index contributed by atoms with van der Waals surface area (Å²) in [6, 6.07) is 8.93. The maximum absolute atomic E-state index is 12.3. The molecular formula is C21H27N3O3. The van der Waals surface area contributed by atoms with Gasteiger partial charge in [-0.2, -0.15) is 5.26 Å². The lowest BCUT2D eigenvalue weighted by molar-refractivity contribution is -0.118. The normalized spacial score (nSPS) is 14.9. The molecule has 6 nitrogen and oxygen atoms in total. The summed E-state index contributed by atoms with van der Waals surface area (Å²) in [5.74, 6) is -0.815. The third-order valence-electron chi connectivity index (χ3n) is 4.56. The van der Waals surface area contributed by atoms with Gasteiger partial charge in [0.25, 0.3) is 5.91 Å². The molecule has 6 heteroatoms. The molecule has 1 aliphatic rings. The fourth-order valence-corrected chi connectivity index (χ4v) is 2.98. The van der Waals surface area contributed by atoms with Crippen molar-refractivity contribution in [2.45, 2.75) is 57.9 Å². The van der Waals surface area contributed by atoms with Gasteiger partial charge in [-0.25, -0.2) is 4.79 Å². The molecule has 2 N–H and O–H groups in total. The van der Waals surface area contributed by atoms with E-state index in [-0.39, 0.29) is 17.5 Å². The predicted molar refractivity (Wildman–Crippen MR) is 104 cm³/mol. The third-order valence-corrected chi connectivity index (χ3v) is 4.56. The second-order valence-corrected chi connectivity index (χ2v) is 6.66. The first-order chi connectivity index (χ1) is 13.2. The van der Waals surface area contributed by atoms with Crippen LogP contribution in [-0.2, 0) is 9.53 Å². The van der Waals surface area contributed by atoms with E-state index in [9.17, 15) is 14.9 Å². The van der Waals surface area contributed by atoms with Crippen LogP contribution in [0, 0.1) is 11.3 Å². The molecule has 0 heterocycles. The van der Waals surface area contributed by atoms with Gasteiger partial charge in [-0.3, -0.25) is 4.79 Å². The highest BCUT2D eigenvalue weighted by Crippen LogP contribution is 2.19. The number of unbranched alkanes of at least 4 members (excludes halogenated alkanes) is 1. The van der Waals surface area contributed by atoms with E-state index in [4.69, 9.17) is 4.74 Å². The van der Waals surface area contributed by atoms with Gasteiger partial charge in [0.2, 0.25) is 0 Å². The van der Waals surface area contributed by atoms with E-state index in [2.05, 4.69) is 10.6 Å². The molecular weight excluding hydrogens is 342 g/mol. The molecule has 0 aromatic heterocycles. The Balaban J connectivity index is 2.02. The lowest BCUT2D eigenvalue weighted by Gasteiger charge is -2.22. The molecule has 0 bridgehead atoms. The van der Waals surface area contributed by atoms with E-state index < -0.39 is 5.97 Å². The van der Waals surface area contributed by atoms with Crippen molar-refractivity contribution >= 4 is 17.6 Å². The Kier molecular flexibility index (Phi) is 8.37. The molecule has 144 valence electrons. The van der Waals surface area contributed by atoms with Crippen molar-refractivity contribution in [2.75, 3.05) is 11.9 Å². The van der Waals surface area contributed by atoms with E-state index in [0.29, 0.717) is 17.9 Å². The Morgan fingerprint density at radius 2 is 2.00 bits per heavy atom. The summed E-state index contributed by atoms with van der Waals surface area (Å²) in [5, 5.41) is 15.1. The molecule has 0 unspecified atom stereocenters. The number of nitrogens with one attached hydrogen (secondary N) is 2. The maximum Gasteiger partial charge on any atom is 0.340 e. The molecule has 1 aromatic rings. The Morgan fingerprint density at radius 1 is 1.26 bits per heavy atom. The highest BCUT2D eigenvalue weighted by molar-refractivity contribution is 5.99. The molecule has 1 fully saturated rings. The minimum absolute atomic E-state index is 0.0188. The maximum atomic E-state index is 12.3. The van der Waals surface area contributed by atoms with E-state index in [1.54, 1.807) is 24.3 Å². The summed E-state index contributed by atoms with van der Waals surface area (Å²) in [6.07, 6.45) is 8.38. The first-order valence-corrected chi connectivity index (χ1v) is 9.59. The van der Waals surface area contributed by atoms with Crippen molar-refractivity contribution in [1.82, 2.24) is 5.32 Å². The van der Waals surface area contributed by atoms with Crippen LogP contribution in [0.15, 0.2) is 36.0 Å². The quantitative estimate of drug-likeness (QED) is 0.314. The highest BCUT2D eigenvalue weighted by Gasteiger charge is 2.18. The van der Waals surface area contributed by atoms with Crippen LogP contribution in [0.1, 0.15) is 62.2 Å². The number of nitriles is 1. The van der Waals surface area contributed by atoms with Crippen LogP contribution >= 0.6 is 0 Å². The van der Waals surface area contributed by atoms with Gasteiger partial charge < -0.3 is 15.4 Å². The van der Waals surface area contributed by atoms with Gasteiger partial charge in [0.05, 0.1) is 17.9 Å². The van der Waals surface area contributed by atoms with E-state index >= 15 is 0 Å². The Bertz CT molecular complexity index is 716. The number of para-hydroxylation sites is 1. The SMILES string of the molecule is CCCCOC(=O)c1ccccc1N/C=C(/C#N)C(=O)NC1CCCCC1. The number of esters is 1. The molecule has 0 spiro atoms. The third kappa shape index (κ3) is 6.45. The number of nitrogens with zero attached hydrogens (tertiary/aromatic N) is 1. The van der Waals surface area contributed by atoms with E-state index in [1.807, 2.05) is 13.0 Å². The number of rotatable bonds is 8. The first kappa shape index (κ1) is 20.5. The first-order valence-electron chi connectivity index (χ1n) is 9.59. The second kappa shape index (κ2) is 11.0. The molecule has 0 aliphatic heterocycles. The Labute approximate surface area is 160 Å². The van der Waals surface area contributed by atoms with Gasteiger partial charge in [-0.1, -0.05) is 44.7 Å². The van der Waals surface area contributed by atoms with Gasteiger partial charge in [0, 0.05) is 12.2 Å². The number of hydrogen-bond donors (Lipinski definition) is 2. The van der Waals surface area contributed by atoms with Gasteiger partial charge in [0.1, 0.15) is 11.6 Å². The Hall–Kier alpha value is -2.81. The number of amides is 1. The van der Waals surface area contributed by atoms with E-state index in [0.717, 1.165) is 38.5 Å².